The summed E-state index contributed by atoms with van der Waals surface area (Å²) in [6.07, 6.45) is 6.22. The zero-order chi connectivity index (χ0) is 14.9. The second-order valence-corrected chi connectivity index (χ2v) is 6.50. The first-order valence-corrected chi connectivity index (χ1v) is 7.17. The van der Waals surface area contributed by atoms with E-state index in [2.05, 4.69) is 20.8 Å². The van der Waals surface area contributed by atoms with E-state index in [1.54, 1.807) is 0 Å². The van der Waals surface area contributed by atoms with Crippen LogP contribution in [-0.4, -0.2) is 22.2 Å². The second kappa shape index (κ2) is 8.94. The van der Waals surface area contributed by atoms with Crippen LogP contribution in [-0.2, 0) is 9.59 Å². The summed E-state index contributed by atoms with van der Waals surface area (Å²) in [5.41, 5.74) is 0.0462. The van der Waals surface area contributed by atoms with Crippen molar-refractivity contribution in [1.82, 2.24) is 0 Å². The molecule has 0 aromatic carbocycles. The van der Waals surface area contributed by atoms with Gasteiger partial charge in [-0.05, 0) is 24.7 Å². The molecule has 1 unspecified atom stereocenters. The van der Waals surface area contributed by atoms with E-state index in [0.717, 1.165) is 38.5 Å². The molecule has 0 aromatic heterocycles. The second-order valence-electron chi connectivity index (χ2n) is 6.50. The van der Waals surface area contributed by atoms with Crippen molar-refractivity contribution in [2.24, 2.45) is 11.3 Å². The Balaban J connectivity index is 3.71. The minimum absolute atomic E-state index is 0.0462. The highest BCUT2D eigenvalue weighted by atomic mass is 16.4. The van der Waals surface area contributed by atoms with E-state index >= 15 is 0 Å². The van der Waals surface area contributed by atoms with E-state index in [0.29, 0.717) is 6.42 Å². The summed E-state index contributed by atoms with van der Waals surface area (Å²) in [4.78, 5) is 21.5. The van der Waals surface area contributed by atoms with Crippen molar-refractivity contribution in [2.75, 3.05) is 0 Å². The molecule has 112 valence electrons. The SMILES string of the molecule is CC(C)(C)CC(CCCCCCCC(=O)O)C(=O)O. The van der Waals surface area contributed by atoms with Crippen molar-refractivity contribution in [3.8, 4) is 0 Å². The molecule has 0 radical (unpaired) electrons. The van der Waals surface area contributed by atoms with Crippen molar-refractivity contribution in [3.05, 3.63) is 0 Å². The van der Waals surface area contributed by atoms with Crippen molar-refractivity contribution in [2.45, 2.75) is 72.1 Å². The Morgan fingerprint density at radius 2 is 1.47 bits per heavy atom. The molecule has 0 aliphatic heterocycles. The van der Waals surface area contributed by atoms with Crippen LogP contribution in [0.5, 0.6) is 0 Å². The summed E-state index contributed by atoms with van der Waals surface area (Å²) in [5, 5.41) is 17.7. The van der Waals surface area contributed by atoms with Crippen LogP contribution >= 0.6 is 0 Å². The Kier molecular flexibility index (Phi) is 8.44. The maximum Gasteiger partial charge on any atom is 0.306 e. The molecule has 0 aliphatic rings. The summed E-state index contributed by atoms with van der Waals surface area (Å²) in [5.74, 6) is -1.68. The zero-order valence-corrected chi connectivity index (χ0v) is 12.4. The largest absolute Gasteiger partial charge is 0.481 e. The molecule has 0 rings (SSSR count). The fourth-order valence-electron chi connectivity index (χ4n) is 2.25. The van der Waals surface area contributed by atoms with E-state index in [1.807, 2.05) is 0 Å². The number of carboxylic acids is 2. The lowest BCUT2D eigenvalue weighted by molar-refractivity contribution is -0.143. The lowest BCUT2D eigenvalue weighted by atomic mass is 9.82. The van der Waals surface area contributed by atoms with E-state index in [4.69, 9.17) is 5.11 Å². The molecule has 4 heteroatoms. The van der Waals surface area contributed by atoms with Gasteiger partial charge in [0, 0.05) is 6.42 Å². The molecular formula is C15H28O4. The number of aliphatic carboxylic acids is 2. The van der Waals surface area contributed by atoms with Gasteiger partial charge in [-0.2, -0.15) is 0 Å². The Morgan fingerprint density at radius 3 is 1.95 bits per heavy atom. The number of carboxylic acid groups (broad SMARTS) is 2. The fraction of sp³-hybridized carbons (Fsp3) is 0.867. The number of hydrogen-bond donors (Lipinski definition) is 2. The summed E-state index contributed by atoms with van der Waals surface area (Å²) in [6, 6.07) is 0. The van der Waals surface area contributed by atoms with Crippen molar-refractivity contribution in [1.29, 1.82) is 0 Å². The third kappa shape index (κ3) is 11.7. The highest BCUT2D eigenvalue weighted by Crippen LogP contribution is 2.28. The van der Waals surface area contributed by atoms with Crippen LogP contribution in [0, 0.1) is 11.3 Å². The Hall–Kier alpha value is -1.06. The summed E-state index contributed by atoms with van der Waals surface area (Å²) in [7, 11) is 0. The molecule has 0 aliphatic carbocycles. The molecule has 0 amide bonds. The first kappa shape index (κ1) is 17.9. The van der Waals surface area contributed by atoms with Crippen molar-refractivity contribution >= 4 is 11.9 Å². The first-order valence-electron chi connectivity index (χ1n) is 7.17. The molecule has 0 heterocycles. The average molecular weight is 272 g/mol. The molecule has 0 aromatic rings. The quantitative estimate of drug-likeness (QED) is 0.591. The van der Waals surface area contributed by atoms with Gasteiger partial charge in [-0.25, -0.2) is 0 Å². The van der Waals surface area contributed by atoms with E-state index < -0.39 is 11.9 Å². The molecule has 0 fully saturated rings. The van der Waals surface area contributed by atoms with Crippen LogP contribution in [0.1, 0.15) is 72.1 Å². The van der Waals surface area contributed by atoms with Gasteiger partial charge in [0.05, 0.1) is 5.92 Å². The Morgan fingerprint density at radius 1 is 0.947 bits per heavy atom. The van der Waals surface area contributed by atoms with E-state index in [1.165, 1.54) is 0 Å². The highest BCUT2D eigenvalue weighted by Gasteiger charge is 2.23. The van der Waals surface area contributed by atoms with Crippen molar-refractivity contribution < 1.29 is 19.8 Å². The van der Waals surface area contributed by atoms with Gasteiger partial charge < -0.3 is 10.2 Å². The Bertz CT molecular complexity index is 278. The molecule has 4 nitrogen and oxygen atoms in total. The standard InChI is InChI=1S/C15H28O4/c1-15(2,3)11-12(14(18)19)9-7-5-4-6-8-10-13(16)17/h12H,4-11H2,1-3H3,(H,16,17)(H,18,19). The third-order valence-electron chi connectivity index (χ3n) is 3.15. The van der Waals surface area contributed by atoms with Gasteiger partial charge in [0.25, 0.3) is 0 Å². The first-order chi connectivity index (χ1) is 8.72. The van der Waals surface area contributed by atoms with Gasteiger partial charge in [0.2, 0.25) is 0 Å². The van der Waals surface area contributed by atoms with E-state index in [-0.39, 0.29) is 17.8 Å². The van der Waals surface area contributed by atoms with Gasteiger partial charge in [0.15, 0.2) is 0 Å². The third-order valence-corrected chi connectivity index (χ3v) is 3.15. The predicted octanol–water partition coefficient (Wildman–Crippen LogP) is 3.94. The maximum atomic E-state index is 11.2. The monoisotopic (exact) mass is 272 g/mol. The maximum absolute atomic E-state index is 11.2. The lowest BCUT2D eigenvalue weighted by Crippen LogP contribution is -2.20. The van der Waals surface area contributed by atoms with Gasteiger partial charge in [-0.1, -0.05) is 46.5 Å². The van der Waals surface area contributed by atoms with Crippen molar-refractivity contribution in [3.63, 3.8) is 0 Å². The van der Waals surface area contributed by atoms with Crippen LogP contribution in [0.2, 0.25) is 0 Å². The molecule has 0 saturated heterocycles. The molecule has 2 N–H and O–H groups in total. The number of unbranched alkanes of at least 4 members (excludes halogenated alkanes) is 4. The zero-order valence-electron chi connectivity index (χ0n) is 12.4. The van der Waals surface area contributed by atoms with Crippen LogP contribution in [0.25, 0.3) is 0 Å². The van der Waals surface area contributed by atoms with Crippen LogP contribution in [0.4, 0.5) is 0 Å². The number of carbonyl (C=O) groups is 2. The molecule has 0 bridgehead atoms. The topological polar surface area (TPSA) is 74.6 Å². The molecular weight excluding hydrogens is 244 g/mol. The fourth-order valence-corrected chi connectivity index (χ4v) is 2.25. The van der Waals surface area contributed by atoms with Gasteiger partial charge in [-0.3, -0.25) is 9.59 Å². The molecule has 1 atom stereocenters. The minimum atomic E-state index is -0.740. The minimum Gasteiger partial charge on any atom is -0.481 e. The van der Waals surface area contributed by atoms with Gasteiger partial charge in [-0.15, -0.1) is 0 Å². The van der Waals surface area contributed by atoms with Crippen LogP contribution < -0.4 is 0 Å². The highest BCUT2D eigenvalue weighted by molar-refractivity contribution is 5.69. The van der Waals surface area contributed by atoms with Crippen LogP contribution in [0.15, 0.2) is 0 Å². The predicted molar refractivity (Wildman–Crippen MR) is 75.2 cm³/mol. The molecule has 0 spiro atoms. The normalized spacial score (nSPS) is 13.2. The van der Waals surface area contributed by atoms with Gasteiger partial charge in [0.1, 0.15) is 0 Å². The summed E-state index contributed by atoms with van der Waals surface area (Å²) >= 11 is 0. The number of rotatable bonds is 10. The summed E-state index contributed by atoms with van der Waals surface area (Å²) in [6.45, 7) is 6.19. The smallest absolute Gasteiger partial charge is 0.306 e. The number of hydrogen-bond acceptors (Lipinski definition) is 2. The summed E-state index contributed by atoms with van der Waals surface area (Å²) < 4.78 is 0. The average Bonchev–Trinajstić information content (AvgIpc) is 2.23. The molecule has 0 saturated carbocycles. The lowest BCUT2D eigenvalue weighted by Gasteiger charge is -2.23. The molecule has 19 heavy (non-hydrogen) atoms. The Labute approximate surface area is 116 Å². The van der Waals surface area contributed by atoms with Gasteiger partial charge >= 0.3 is 11.9 Å². The van der Waals surface area contributed by atoms with Crippen LogP contribution in [0.3, 0.4) is 0 Å². The van der Waals surface area contributed by atoms with E-state index in [9.17, 15) is 14.7 Å².